The second-order valence-electron chi connectivity index (χ2n) is 4.19. The molecule has 0 spiro atoms. The molecule has 7 heteroatoms. The first-order chi connectivity index (χ1) is 9.97. The Kier molecular flexibility index (Phi) is 4.80. The maximum absolute atomic E-state index is 13.4. The molecule has 3 N–H and O–H groups in total. The van der Waals surface area contributed by atoms with Crippen LogP contribution in [0.2, 0.25) is 5.02 Å². The summed E-state index contributed by atoms with van der Waals surface area (Å²) in [6.07, 6.45) is 0. The van der Waals surface area contributed by atoms with Crippen LogP contribution in [-0.2, 0) is 6.54 Å². The van der Waals surface area contributed by atoms with Gasteiger partial charge in [-0.2, -0.15) is 8.78 Å². The van der Waals surface area contributed by atoms with Crippen LogP contribution in [0.5, 0.6) is 5.75 Å². The molecular formula is C14H12ClF3N2O. The third kappa shape index (κ3) is 3.95. The van der Waals surface area contributed by atoms with E-state index in [0.717, 1.165) is 17.7 Å². The number of benzene rings is 2. The van der Waals surface area contributed by atoms with E-state index in [2.05, 4.69) is 10.1 Å². The molecule has 0 radical (unpaired) electrons. The van der Waals surface area contributed by atoms with E-state index in [9.17, 15) is 13.2 Å². The van der Waals surface area contributed by atoms with Crippen LogP contribution in [0.15, 0.2) is 36.4 Å². The van der Waals surface area contributed by atoms with E-state index >= 15 is 0 Å². The van der Waals surface area contributed by atoms with Crippen LogP contribution in [0.4, 0.5) is 24.5 Å². The van der Waals surface area contributed by atoms with Crippen LogP contribution in [0.3, 0.4) is 0 Å². The van der Waals surface area contributed by atoms with Gasteiger partial charge in [0.15, 0.2) is 11.6 Å². The van der Waals surface area contributed by atoms with Gasteiger partial charge in [-0.3, -0.25) is 0 Å². The van der Waals surface area contributed by atoms with E-state index < -0.39 is 18.2 Å². The molecule has 112 valence electrons. The highest BCUT2D eigenvalue weighted by molar-refractivity contribution is 6.31. The first kappa shape index (κ1) is 15.3. The minimum absolute atomic E-state index is 0.0844. The Morgan fingerprint density at radius 3 is 2.62 bits per heavy atom. The Hall–Kier alpha value is -2.08. The first-order valence-electron chi connectivity index (χ1n) is 5.98. The van der Waals surface area contributed by atoms with E-state index in [1.807, 2.05) is 6.07 Å². The predicted octanol–water partition coefficient (Wildman–Crippen LogP) is 4.27. The number of hydrogen-bond donors (Lipinski definition) is 2. The maximum atomic E-state index is 13.4. The van der Waals surface area contributed by atoms with Gasteiger partial charge < -0.3 is 15.8 Å². The minimum Gasteiger partial charge on any atom is -0.432 e. The monoisotopic (exact) mass is 316 g/mol. The SMILES string of the molecule is Nc1cc(F)c(OC(F)F)cc1NCc1ccccc1Cl. The molecule has 0 unspecified atom stereocenters. The molecule has 0 atom stereocenters. The fourth-order valence-corrected chi connectivity index (χ4v) is 1.94. The van der Waals surface area contributed by atoms with Crippen molar-refractivity contribution in [2.75, 3.05) is 11.1 Å². The van der Waals surface area contributed by atoms with Crippen LogP contribution >= 0.6 is 11.6 Å². The van der Waals surface area contributed by atoms with Gasteiger partial charge in [0, 0.05) is 23.7 Å². The summed E-state index contributed by atoms with van der Waals surface area (Å²) >= 11 is 6.00. The van der Waals surface area contributed by atoms with Crippen molar-refractivity contribution in [2.45, 2.75) is 13.2 Å². The molecular weight excluding hydrogens is 305 g/mol. The molecule has 2 aromatic rings. The summed E-state index contributed by atoms with van der Waals surface area (Å²) in [5, 5.41) is 3.46. The number of hydrogen-bond acceptors (Lipinski definition) is 3. The average molecular weight is 317 g/mol. The minimum atomic E-state index is -3.11. The lowest BCUT2D eigenvalue weighted by atomic mass is 10.2. The fourth-order valence-electron chi connectivity index (χ4n) is 1.74. The number of rotatable bonds is 5. The van der Waals surface area contributed by atoms with Crippen LogP contribution in [0, 0.1) is 5.82 Å². The van der Waals surface area contributed by atoms with E-state index in [-0.39, 0.29) is 11.4 Å². The Bertz CT molecular complexity index is 638. The van der Waals surface area contributed by atoms with E-state index in [0.29, 0.717) is 11.6 Å². The molecule has 0 fully saturated rings. The van der Waals surface area contributed by atoms with Crippen molar-refractivity contribution in [2.24, 2.45) is 0 Å². The van der Waals surface area contributed by atoms with Crippen molar-refractivity contribution in [3.63, 3.8) is 0 Å². The standard InChI is InChI=1S/C14H12ClF3N2O/c15-9-4-2-1-3-8(9)7-20-12-6-13(21-14(17)18)10(16)5-11(12)19/h1-6,14,20H,7,19H2. The van der Waals surface area contributed by atoms with E-state index in [1.165, 1.54) is 0 Å². The lowest BCUT2D eigenvalue weighted by molar-refractivity contribution is -0.0521. The third-order valence-electron chi connectivity index (χ3n) is 2.75. The van der Waals surface area contributed by atoms with Crippen molar-refractivity contribution < 1.29 is 17.9 Å². The normalized spacial score (nSPS) is 10.7. The van der Waals surface area contributed by atoms with Gasteiger partial charge >= 0.3 is 6.61 Å². The molecule has 2 aromatic carbocycles. The summed E-state index contributed by atoms with van der Waals surface area (Å²) in [6, 6.07) is 9.12. The molecule has 3 nitrogen and oxygen atoms in total. The van der Waals surface area contributed by atoms with Gasteiger partial charge in [-0.1, -0.05) is 29.8 Å². The second-order valence-corrected chi connectivity index (χ2v) is 4.60. The molecule has 0 amide bonds. The summed E-state index contributed by atoms with van der Waals surface area (Å²) in [6.45, 7) is -2.80. The molecule has 0 bridgehead atoms. The number of alkyl halides is 2. The van der Waals surface area contributed by atoms with Crippen molar-refractivity contribution in [1.29, 1.82) is 0 Å². The largest absolute Gasteiger partial charge is 0.432 e. The number of nitrogens with two attached hydrogens (primary N) is 1. The second kappa shape index (κ2) is 6.58. The zero-order valence-electron chi connectivity index (χ0n) is 10.7. The number of nitrogens with one attached hydrogen (secondary N) is 1. The average Bonchev–Trinajstić information content (AvgIpc) is 2.41. The molecule has 0 saturated carbocycles. The Morgan fingerprint density at radius 1 is 1.24 bits per heavy atom. The van der Waals surface area contributed by atoms with Crippen molar-refractivity contribution in [3.05, 3.63) is 52.8 Å². The van der Waals surface area contributed by atoms with Crippen molar-refractivity contribution in [3.8, 4) is 5.75 Å². The van der Waals surface area contributed by atoms with Crippen molar-refractivity contribution >= 4 is 23.0 Å². The molecule has 0 aliphatic carbocycles. The summed E-state index contributed by atoms with van der Waals surface area (Å²) in [4.78, 5) is 0. The van der Waals surface area contributed by atoms with Gasteiger partial charge in [0.05, 0.1) is 11.4 Å². The van der Waals surface area contributed by atoms with Gasteiger partial charge in [0.25, 0.3) is 0 Å². The Morgan fingerprint density at radius 2 is 1.95 bits per heavy atom. The first-order valence-corrected chi connectivity index (χ1v) is 6.36. The predicted molar refractivity (Wildman–Crippen MR) is 76.2 cm³/mol. The zero-order valence-corrected chi connectivity index (χ0v) is 11.5. The molecule has 21 heavy (non-hydrogen) atoms. The van der Waals surface area contributed by atoms with Crippen molar-refractivity contribution in [1.82, 2.24) is 0 Å². The highest BCUT2D eigenvalue weighted by Gasteiger charge is 2.13. The van der Waals surface area contributed by atoms with Gasteiger partial charge in [0.1, 0.15) is 0 Å². The summed E-state index contributed by atoms with van der Waals surface area (Å²) in [5.74, 6) is -1.52. The number of ether oxygens (including phenoxy) is 1. The maximum Gasteiger partial charge on any atom is 0.387 e. The fraction of sp³-hybridized carbons (Fsp3) is 0.143. The summed E-state index contributed by atoms with van der Waals surface area (Å²) < 4.78 is 41.9. The molecule has 0 aliphatic rings. The van der Waals surface area contributed by atoms with Gasteiger partial charge in [-0.25, -0.2) is 4.39 Å². The molecule has 0 aromatic heterocycles. The van der Waals surface area contributed by atoms with Gasteiger partial charge in [0.2, 0.25) is 0 Å². The lowest BCUT2D eigenvalue weighted by Gasteiger charge is -2.13. The summed E-state index contributed by atoms with van der Waals surface area (Å²) in [7, 11) is 0. The number of nitrogen functional groups attached to an aromatic ring is 1. The highest BCUT2D eigenvalue weighted by Crippen LogP contribution is 2.30. The number of anilines is 2. The Balaban J connectivity index is 2.18. The van der Waals surface area contributed by atoms with Gasteiger partial charge in [-0.05, 0) is 11.6 Å². The highest BCUT2D eigenvalue weighted by atomic mass is 35.5. The van der Waals surface area contributed by atoms with E-state index in [1.54, 1.807) is 18.2 Å². The van der Waals surface area contributed by atoms with Crippen LogP contribution in [0.25, 0.3) is 0 Å². The molecule has 0 heterocycles. The van der Waals surface area contributed by atoms with Crippen LogP contribution < -0.4 is 15.8 Å². The molecule has 0 aliphatic heterocycles. The third-order valence-corrected chi connectivity index (χ3v) is 3.12. The quantitative estimate of drug-likeness (QED) is 0.810. The Labute approximate surface area is 124 Å². The zero-order chi connectivity index (χ0) is 15.4. The topological polar surface area (TPSA) is 47.3 Å². The van der Waals surface area contributed by atoms with Crippen LogP contribution in [0.1, 0.15) is 5.56 Å². The lowest BCUT2D eigenvalue weighted by Crippen LogP contribution is -2.07. The molecule has 0 saturated heterocycles. The van der Waals surface area contributed by atoms with E-state index in [4.69, 9.17) is 17.3 Å². The van der Waals surface area contributed by atoms with Gasteiger partial charge in [-0.15, -0.1) is 0 Å². The van der Waals surface area contributed by atoms with Crippen LogP contribution in [-0.4, -0.2) is 6.61 Å². The smallest absolute Gasteiger partial charge is 0.387 e. The number of halogens is 4. The summed E-state index contributed by atoms with van der Waals surface area (Å²) in [5.41, 5.74) is 6.80. The molecule has 2 rings (SSSR count).